The van der Waals surface area contributed by atoms with Gasteiger partial charge in [-0.15, -0.1) is 0 Å². The first-order chi connectivity index (χ1) is 9.24. The Morgan fingerprint density at radius 2 is 2.21 bits per heavy atom. The first-order valence-corrected chi connectivity index (χ1v) is 6.07. The lowest BCUT2D eigenvalue weighted by molar-refractivity contribution is 0.102. The van der Waals surface area contributed by atoms with Crippen LogP contribution >= 0.6 is 12.2 Å². The topological polar surface area (TPSA) is 73.6 Å². The van der Waals surface area contributed by atoms with E-state index >= 15 is 0 Å². The number of benzene rings is 1. The minimum atomic E-state index is -0.232. The normalized spacial score (nSPS) is 10.5. The number of fused-ring (bicyclic) bond motifs is 1. The third-order valence-electron chi connectivity index (χ3n) is 2.76. The molecule has 94 valence electrons. The number of nitrogens with one attached hydrogen (secondary N) is 3. The number of amides is 1. The van der Waals surface area contributed by atoms with Gasteiger partial charge in [0.2, 0.25) is 0 Å². The van der Waals surface area contributed by atoms with Crippen LogP contribution in [0.4, 0.5) is 5.69 Å². The Balaban J connectivity index is 1.90. The number of aromatic nitrogens is 3. The van der Waals surface area contributed by atoms with Gasteiger partial charge in [0.1, 0.15) is 4.64 Å². The van der Waals surface area contributed by atoms with Crippen molar-refractivity contribution in [3.05, 3.63) is 52.9 Å². The smallest absolute Gasteiger partial charge is 0.258 e. The van der Waals surface area contributed by atoms with Crippen LogP contribution in [0, 0.1) is 4.64 Å². The van der Waals surface area contributed by atoms with Crippen LogP contribution in [0.5, 0.6) is 0 Å². The van der Waals surface area contributed by atoms with Crippen molar-refractivity contribution in [2.75, 3.05) is 5.32 Å². The summed E-state index contributed by atoms with van der Waals surface area (Å²) in [6, 6.07) is 8.96. The number of hydrogen-bond acceptors (Lipinski definition) is 3. The molecule has 3 aromatic rings. The summed E-state index contributed by atoms with van der Waals surface area (Å²) in [4.78, 5) is 14.9. The Hall–Kier alpha value is -2.47. The van der Waals surface area contributed by atoms with Crippen LogP contribution in [0.3, 0.4) is 0 Å². The fourth-order valence-corrected chi connectivity index (χ4v) is 2.05. The minimum absolute atomic E-state index is 0.232. The summed E-state index contributed by atoms with van der Waals surface area (Å²) in [5, 5.41) is 10.5. The van der Waals surface area contributed by atoms with Gasteiger partial charge in [-0.3, -0.25) is 9.89 Å². The predicted molar refractivity (Wildman–Crippen MR) is 75.7 cm³/mol. The Kier molecular flexibility index (Phi) is 2.85. The summed E-state index contributed by atoms with van der Waals surface area (Å²) in [5.74, 6) is -0.232. The third-order valence-corrected chi connectivity index (χ3v) is 3.10. The quantitative estimate of drug-likeness (QED) is 0.627. The van der Waals surface area contributed by atoms with Gasteiger partial charge in [-0.2, -0.15) is 5.10 Å². The largest absolute Gasteiger partial charge is 0.352 e. The second kappa shape index (κ2) is 4.66. The van der Waals surface area contributed by atoms with E-state index in [1.807, 2.05) is 18.2 Å². The van der Waals surface area contributed by atoms with Gasteiger partial charge in [0.05, 0.1) is 17.3 Å². The van der Waals surface area contributed by atoms with Crippen LogP contribution in [-0.4, -0.2) is 21.1 Å². The molecule has 0 aliphatic carbocycles. The van der Waals surface area contributed by atoms with Crippen LogP contribution in [0.15, 0.2) is 42.7 Å². The van der Waals surface area contributed by atoms with Crippen molar-refractivity contribution in [2.24, 2.45) is 0 Å². The van der Waals surface area contributed by atoms with E-state index in [1.165, 1.54) is 0 Å². The number of anilines is 1. The number of nitrogens with zero attached hydrogens (tertiary/aromatic N) is 1. The van der Waals surface area contributed by atoms with Crippen molar-refractivity contribution in [2.45, 2.75) is 0 Å². The highest BCUT2D eigenvalue weighted by Crippen LogP contribution is 2.17. The van der Waals surface area contributed by atoms with Gasteiger partial charge in [0, 0.05) is 17.3 Å². The van der Waals surface area contributed by atoms with E-state index in [-0.39, 0.29) is 5.91 Å². The highest BCUT2D eigenvalue weighted by atomic mass is 32.1. The average Bonchev–Trinajstić information content (AvgIpc) is 2.86. The van der Waals surface area contributed by atoms with Crippen LogP contribution < -0.4 is 5.32 Å². The molecule has 0 atom stereocenters. The molecule has 6 heteroatoms. The molecule has 0 saturated carbocycles. The molecule has 0 bridgehead atoms. The van der Waals surface area contributed by atoms with E-state index in [0.29, 0.717) is 15.9 Å². The zero-order valence-electron chi connectivity index (χ0n) is 9.81. The molecular weight excluding hydrogens is 260 g/mol. The second-order valence-corrected chi connectivity index (χ2v) is 4.45. The number of carbonyl (C=O) groups is 1. The zero-order chi connectivity index (χ0) is 13.2. The lowest BCUT2D eigenvalue weighted by Crippen LogP contribution is -2.12. The SMILES string of the molecule is O=C(Nc1ccc2[nH]ncc2c1)c1ccc[nH]c1=S. The number of rotatable bonds is 2. The molecule has 1 amide bonds. The fourth-order valence-electron chi connectivity index (χ4n) is 1.82. The van der Waals surface area contributed by atoms with E-state index in [1.54, 1.807) is 24.5 Å². The molecule has 0 aliphatic heterocycles. The monoisotopic (exact) mass is 270 g/mol. The molecule has 0 fully saturated rings. The molecule has 0 unspecified atom stereocenters. The molecule has 0 radical (unpaired) electrons. The molecular formula is C13H10N4OS. The molecule has 3 rings (SSSR count). The van der Waals surface area contributed by atoms with Crippen molar-refractivity contribution in [1.29, 1.82) is 0 Å². The summed E-state index contributed by atoms with van der Waals surface area (Å²) >= 11 is 5.08. The van der Waals surface area contributed by atoms with Crippen molar-refractivity contribution in [3.8, 4) is 0 Å². The molecule has 0 spiro atoms. The molecule has 5 nitrogen and oxygen atoms in total. The number of carbonyl (C=O) groups excluding carboxylic acids is 1. The minimum Gasteiger partial charge on any atom is -0.352 e. The standard InChI is InChI=1S/C13H10N4OS/c18-12(10-2-1-5-14-13(10)19)16-9-3-4-11-8(6-9)7-15-17-11/h1-7H,(H,14,19)(H,15,17)(H,16,18). The second-order valence-electron chi connectivity index (χ2n) is 4.04. The first-order valence-electron chi connectivity index (χ1n) is 5.66. The van der Waals surface area contributed by atoms with Crippen LogP contribution in [-0.2, 0) is 0 Å². The van der Waals surface area contributed by atoms with Gasteiger partial charge in [0.15, 0.2) is 0 Å². The Bertz CT molecular complexity index is 805. The molecule has 19 heavy (non-hydrogen) atoms. The van der Waals surface area contributed by atoms with Gasteiger partial charge in [-0.25, -0.2) is 0 Å². The van der Waals surface area contributed by atoms with Gasteiger partial charge in [-0.1, -0.05) is 12.2 Å². The summed E-state index contributed by atoms with van der Waals surface area (Å²) in [6.45, 7) is 0. The van der Waals surface area contributed by atoms with E-state index in [0.717, 1.165) is 10.9 Å². The van der Waals surface area contributed by atoms with Crippen molar-refractivity contribution >= 4 is 34.7 Å². The zero-order valence-corrected chi connectivity index (χ0v) is 10.6. The van der Waals surface area contributed by atoms with Crippen molar-refractivity contribution in [3.63, 3.8) is 0 Å². The van der Waals surface area contributed by atoms with Gasteiger partial charge < -0.3 is 10.3 Å². The summed E-state index contributed by atoms with van der Waals surface area (Å²) in [6.07, 6.45) is 3.40. The summed E-state index contributed by atoms with van der Waals surface area (Å²) in [7, 11) is 0. The van der Waals surface area contributed by atoms with Crippen molar-refractivity contribution < 1.29 is 4.79 Å². The van der Waals surface area contributed by atoms with Crippen LogP contribution in [0.25, 0.3) is 10.9 Å². The Morgan fingerprint density at radius 1 is 1.32 bits per heavy atom. The van der Waals surface area contributed by atoms with E-state index in [9.17, 15) is 4.79 Å². The van der Waals surface area contributed by atoms with E-state index < -0.39 is 0 Å². The maximum atomic E-state index is 12.1. The third kappa shape index (κ3) is 2.25. The molecule has 3 N–H and O–H groups in total. The van der Waals surface area contributed by atoms with Crippen molar-refractivity contribution in [1.82, 2.24) is 15.2 Å². The number of aromatic amines is 2. The molecule has 2 heterocycles. The fraction of sp³-hybridized carbons (Fsp3) is 0. The van der Waals surface area contributed by atoms with Gasteiger partial charge >= 0.3 is 0 Å². The molecule has 2 aromatic heterocycles. The van der Waals surface area contributed by atoms with Crippen LogP contribution in [0.2, 0.25) is 0 Å². The highest BCUT2D eigenvalue weighted by Gasteiger charge is 2.08. The van der Waals surface area contributed by atoms with Crippen LogP contribution in [0.1, 0.15) is 10.4 Å². The maximum absolute atomic E-state index is 12.1. The number of H-pyrrole nitrogens is 2. The maximum Gasteiger partial charge on any atom is 0.258 e. The summed E-state index contributed by atoms with van der Waals surface area (Å²) < 4.78 is 0.421. The van der Waals surface area contributed by atoms with E-state index in [4.69, 9.17) is 12.2 Å². The molecule has 0 aliphatic rings. The number of hydrogen-bond donors (Lipinski definition) is 3. The van der Waals surface area contributed by atoms with Gasteiger partial charge in [0.25, 0.3) is 5.91 Å². The first kappa shape index (κ1) is 11.6. The van der Waals surface area contributed by atoms with Gasteiger partial charge in [-0.05, 0) is 30.3 Å². The summed E-state index contributed by atoms with van der Waals surface area (Å²) in [5.41, 5.74) is 2.08. The predicted octanol–water partition coefficient (Wildman–Crippen LogP) is 2.87. The number of pyridine rings is 1. The Morgan fingerprint density at radius 3 is 3.05 bits per heavy atom. The molecule has 1 aromatic carbocycles. The van der Waals surface area contributed by atoms with E-state index in [2.05, 4.69) is 20.5 Å². The lowest BCUT2D eigenvalue weighted by atomic mass is 10.2. The lowest BCUT2D eigenvalue weighted by Gasteiger charge is -2.05. The Labute approximate surface area is 113 Å². The molecule has 0 saturated heterocycles. The highest BCUT2D eigenvalue weighted by molar-refractivity contribution is 7.71. The average molecular weight is 270 g/mol.